The molecule has 0 saturated carbocycles. The SMILES string of the molecule is CCC(CCNCCC(=O)NCCCCCCNCc1ccc(OCCCN(C)C)cc1)OC(=O)Nc1ccccc1-c1ccccc1. The Hall–Kier alpha value is -3.92. The third-order valence-electron chi connectivity index (χ3n) is 8.02. The van der Waals surface area contributed by atoms with Gasteiger partial charge in [0.2, 0.25) is 5.91 Å². The molecular formula is C39H57N5O4. The summed E-state index contributed by atoms with van der Waals surface area (Å²) in [5.74, 6) is 0.991. The molecule has 262 valence electrons. The molecule has 3 aromatic carbocycles. The first-order valence-electron chi connectivity index (χ1n) is 17.6. The quantitative estimate of drug-likeness (QED) is 0.0781. The lowest BCUT2D eigenvalue weighted by Gasteiger charge is -2.18. The normalized spacial score (nSPS) is 11.7. The number of ether oxygens (including phenoxy) is 2. The second kappa shape index (κ2) is 23.4. The molecule has 0 aliphatic carbocycles. The summed E-state index contributed by atoms with van der Waals surface area (Å²) in [6.07, 6.45) is 6.54. The second-order valence-electron chi connectivity index (χ2n) is 12.4. The van der Waals surface area contributed by atoms with Crippen molar-refractivity contribution in [1.82, 2.24) is 20.9 Å². The van der Waals surface area contributed by atoms with Gasteiger partial charge >= 0.3 is 6.09 Å². The van der Waals surface area contributed by atoms with Crippen molar-refractivity contribution in [2.24, 2.45) is 0 Å². The monoisotopic (exact) mass is 659 g/mol. The molecule has 0 radical (unpaired) electrons. The van der Waals surface area contributed by atoms with Crippen molar-refractivity contribution in [3.05, 3.63) is 84.4 Å². The zero-order valence-electron chi connectivity index (χ0n) is 29.3. The van der Waals surface area contributed by atoms with E-state index in [-0.39, 0.29) is 12.0 Å². The molecule has 9 heteroatoms. The number of rotatable bonds is 24. The van der Waals surface area contributed by atoms with Crippen LogP contribution < -0.4 is 26.0 Å². The van der Waals surface area contributed by atoms with Crippen LogP contribution in [-0.2, 0) is 16.1 Å². The van der Waals surface area contributed by atoms with Crippen LogP contribution in [0.3, 0.4) is 0 Å². The lowest BCUT2D eigenvalue weighted by Crippen LogP contribution is -2.30. The van der Waals surface area contributed by atoms with Crippen LogP contribution in [0.4, 0.5) is 10.5 Å². The summed E-state index contributed by atoms with van der Waals surface area (Å²) >= 11 is 0. The zero-order valence-corrected chi connectivity index (χ0v) is 29.3. The molecule has 48 heavy (non-hydrogen) atoms. The van der Waals surface area contributed by atoms with Gasteiger partial charge in [-0.3, -0.25) is 10.1 Å². The average Bonchev–Trinajstić information content (AvgIpc) is 3.09. The molecule has 4 N–H and O–H groups in total. The number of unbranched alkanes of at least 4 members (excludes halogenated alkanes) is 3. The first-order chi connectivity index (χ1) is 23.4. The number of anilines is 1. The highest BCUT2D eigenvalue weighted by Crippen LogP contribution is 2.27. The first kappa shape index (κ1) is 38.5. The van der Waals surface area contributed by atoms with Crippen LogP contribution in [0.15, 0.2) is 78.9 Å². The van der Waals surface area contributed by atoms with E-state index in [1.807, 2.05) is 73.7 Å². The largest absolute Gasteiger partial charge is 0.494 e. The maximum Gasteiger partial charge on any atom is 0.411 e. The minimum absolute atomic E-state index is 0.0638. The zero-order chi connectivity index (χ0) is 34.2. The number of carbonyl (C=O) groups is 2. The molecular weight excluding hydrogens is 602 g/mol. The number of benzene rings is 3. The Morgan fingerprint density at radius 2 is 1.50 bits per heavy atom. The van der Waals surface area contributed by atoms with Gasteiger partial charge in [-0.15, -0.1) is 0 Å². The van der Waals surface area contributed by atoms with Gasteiger partial charge in [0.25, 0.3) is 0 Å². The highest BCUT2D eigenvalue weighted by molar-refractivity contribution is 5.91. The van der Waals surface area contributed by atoms with Gasteiger partial charge in [-0.25, -0.2) is 4.79 Å². The summed E-state index contributed by atoms with van der Waals surface area (Å²) in [5, 5.41) is 12.7. The summed E-state index contributed by atoms with van der Waals surface area (Å²) in [7, 11) is 4.15. The number of nitrogens with zero attached hydrogens (tertiary/aromatic N) is 1. The van der Waals surface area contributed by atoms with Crippen LogP contribution in [-0.4, -0.2) is 76.4 Å². The van der Waals surface area contributed by atoms with Crippen molar-refractivity contribution in [2.45, 2.75) is 70.9 Å². The Kier molecular flexibility index (Phi) is 18.8. The third-order valence-corrected chi connectivity index (χ3v) is 8.02. The van der Waals surface area contributed by atoms with Crippen molar-refractivity contribution in [2.75, 3.05) is 58.7 Å². The lowest BCUT2D eigenvalue weighted by molar-refractivity contribution is -0.121. The maximum atomic E-state index is 12.6. The molecule has 0 spiro atoms. The molecule has 0 aliphatic rings. The number of para-hydroxylation sites is 1. The molecule has 0 fully saturated rings. The van der Waals surface area contributed by atoms with E-state index in [2.05, 4.69) is 52.4 Å². The fourth-order valence-electron chi connectivity index (χ4n) is 5.24. The predicted molar refractivity (Wildman–Crippen MR) is 196 cm³/mol. The van der Waals surface area contributed by atoms with Crippen molar-refractivity contribution >= 4 is 17.7 Å². The molecule has 9 nitrogen and oxygen atoms in total. The van der Waals surface area contributed by atoms with Gasteiger partial charge in [0.15, 0.2) is 0 Å². The van der Waals surface area contributed by atoms with Crippen molar-refractivity contribution in [3.8, 4) is 16.9 Å². The molecule has 1 unspecified atom stereocenters. The van der Waals surface area contributed by atoms with Gasteiger partial charge in [0.1, 0.15) is 11.9 Å². The number of hydrogen-bond donors (Lipinski definition) is 4. The molecule has 2 amide bonds. The smallest absolute Gasteiger partial charge is 0.411 e. The van der Waals surface area contributed by atoms with Crippen LogP contribution in [0.2, 0.25) is 0 Å². The summed E-state index contributed by atoms with van der Waals surface area (Å²) in [6.45, 7) is 7.60. The van der Waals surface area contributed by atoms with Gasteiger partial charge in [0.05, 0.1) is 12.3 Å². The van der Waals surface area contributed by atoms with E-state index >= 15 is 0 Å². The topological polar surface area (TPSA) is 104 Å². The van der Waals surface area contributed by atoms with Crippen molar-refractivity contribution < 1.29 is 19.1 Å². The minimum Gasteiger partial charge on any atom is -0.494 e. The van der Waals surface area contributed by atoms with E-state index in [1.54, 1.807) is 0 Å². The summed E-state index contributed by atoms with van der Waals surface area (Å²) in [6, 6.07) is 26.0. The third kappa shape index (κ3) is 16.3. The van der Waals surface area contributed by atoms with Gasteiger partial charge in [-0.1, -0.05) is 80.4 Å². The second-order valence-corrected chi connectivity index (χ2v) is 12.4. The van der Waals surface area contributed by atoms with Gasteiger partial charge in [-0.05, 0) is 88.6 Å². The van der Waals surface area contributed by atoms with Crippen LogP contribution in [0.5, 0.6) is 5.75 Å². The van der Waals surface area contributed by atoms with Crippen molar-refractivity contribution in [3.63, 3.8) is 0 Å². The minimum atomic E-state index is -0.459. The number of hydrogen-bond acceptors (Lipinski definition) is 7. The fraction of sp³-hybridized carbons (Fsp3) is 0.487. The Bertz CT molecular complexity index is 1300. The van der Waals surface area contributed by atoms with E-state index in [0.717, 1.165) is 80.9 Å². The molecule has 3 rings (SSSR count). The molecule has 0 aliphatic heterocycles. The highest BCUT2D eigenvalue weighted by atomic mass is 16.6. The molecule has 3 aromatic rings. The Morgan fingerprint density at radius 3 is 2.25 bits per heavy atom. The van der Waals surface area contributed by atoms with E-state index in [9.17, 15) is 9.59 Å². The van der Waals surface area contributed by atoms with Crippen LogP contribution in [0.25, 0.3) is 11.1 Å². The van der Waals surface area contributed by atoms with Gasteiger partial charge < -0.3 is 30.3 Å². The van der Waals surface area contributed by atoms with Crippen LogP contribution >= 0.6 is 0 Å². The molecule has 0 saturated heterocycles. The lowest BCUT2D eigenvalue weighted by atomic mass is 10.0. The summed E-state index contributed by atoms with van der Waals surface area (Å²) < 4.78 is 11.5. The first-order valence-corrected chi connectivity index (χ1v) is 17.6. The Labute approximate surface area is 288 Å². The van der Waals surface area contributed by atoms with Crippen LogP contribution in [0, 0.1) is 0 Å². The summed E-state index contributed by atoms with van der Waals surface area (Å²) in [4.78, 5) is 27.0. The van der Waals surface area contributed by atoms with E-state index in [4.69, 9.17) is 9.47 Å². The number of amides is 2. The van der Waals surface area contributed by atoms with Gasteiger partial charge in [-0.2, -0.15) is 0 Å². The van der Waals surface area contributed by atoms with Crippen LogP contribution in [0.1, 0.15) is 63.9 Å². The predicted octanol–water partition coefficient (Wildman–Crippen LogP) is 6.85. The highest BCUT2D eigenvalue weighted by Gasteiger charge is 2.14. The number of nitrogens with one attached hydrogen (secondary N) is 4. The molecule has 0 bridgehead atoms. The molecule has 0 heterocycles. The average molecular weight is 660 g/mol. The standard InChI is InChI=1S/C39H57N5O4/c1-4-34(48-39(46)43-37-18-11-10-17-36(37)33-15-8-7-9-16-33)23-27-40-28-24-38(45)42-26-13-6-5-12-25-41-31-32-19-21-35(22-20-32)47-30-14-29-44(2)3/h7-11,15-22,34,40-41H,4-6,12-14,23-31H2,1-3H3,(H,42,45)(H,43,46). The molecule has 1 atom stereocenters. The molecule has 0 aromatic heterocycles. The van der Waals surface area contributed by atoms with E-state index in [1.165, 1.54) is 5.56 Å². The maximum absolute atomic E-state index is 12.6. The number of carbonyl (C=O) groups excluding carboxylic acids is 2. The fourth-order valence-corrected chi connectivity index (χ4v) is 5.24. The van der Waals surface area contributed by atoms with Crippen molar-refractivity contribution in [1.29, 1.82) is 0 Å². The Balaban J connectivity index is 1.15. The Morgan fingerprint density at radius 1 is 0.771 bits per heavy atom. The van der Waals surface area contributed by atoms with E-state index < -0.39 is 6.09 Å². The summed E-state index contributed by atoms with van der Waals surface area (Å²) in [5.41, 5.74) is 3.96. The van der Waals surface area contributed by atoms with E-state index in [0.29, 0.717) is 38.9 Å². The van der Waals surface area contributed by atoms with Gasteiger partial charge in [0, 0.05) is 38.2 Å².